The zero-order valence-electron chi connectivity index (χ0n) is 14.3. The van der Waals surface area contributed by atoms with Crippen molar-refractivity contribution in [3.8, 4) is 0 Å². The van der Waals surface area contributed by atoms with Gasteiger partial charge in [0.05, 0.1) is 0 Å². The summed E-state index contributed by atoms with van der Waals surface area (Å²) in [4.78, 5) is -0.726. The van der Waals surface area contributed by atoms with Crippen molar-refractivity contribution < 1.29 is 5.11 Å². The van der Waals surface area contributed by atoms with E-state index in [2.05, 4.69) is 40.3 Å². The number of thiol groups is 1. The van der Waals surface area contributed by atoms with E-state index in [0.717, 1.165) is 37.5 Å². The minimum Gasteiger partial charge on any atom is -0.380 e. The molecule has 0 spiro atoms. The fourth-order valence-electron chi connectivity index (χ4n) is 2.58. The highest BCUT2D eigenvalue weighted by Gasteiger charge is 2.19. The van der Waals surface area contributed by atoms with Gasteiger partial charge in [0.1, 0.15) is 4.93 Å². The van der Waals surface area contributed by atoms with E-state index < -0.39 is 4.93 Å². The smallest absolute Gasteiger partial charge is 0.107 e. The molecule has 0 saturated carbocycles. The number of hydrogen-bond acceptors (Lipinski definition) is 2. The molecule has 0 saturated heterocycles. The zero-order chi connectivity index (χ0) is 15.4. The van der Waals surface area contributed by atoms with Crippen LogP contribution in [0.25, 0.3) is 0 Å². The quantitative estimate of drug-likeness (QED) is 0.235. The van der Waals surface area contributed by atoms with Gasteiger partial charge < -0.3 is 5.11 Å². The molecule has 1 unspecified atom stereocenters. The second-order valence-electron chi connectivity index (χ2n) is 7.32. The number of rotatable bonds is 13. The molecule has 20 heavy (non-hydrogen) atoms. The third-order valence-corrected chi connectivity index (χ3v) is 4.41. The summed E-state index contributed by atoms with van der Waals surface area (Å²) in [7, 11) is 0. The Kier molecular flexibility index (Phi) is 12.1. The van der Waals surface area contributed by atoms with Crippen LogP contribution in [-0.4, -0.2) is 10.0 Å². The molecule has 0 fully saturated rings. The van der Waals surface area contributed by atoms with Gasteiger partial charge in [-0.05, 0) is 37.5 Å². The van der Waals surface area contributed by atoms with E-state index in [1.54, 1.807) is 0 Å². The fraction of sp³-hybridized carbons (Fsp3) is 1.00. The van der Waals surface area contributed by atoms with Crippen LogP contribution < -0.4 is 0 Å². The molecule has 122 valence electrons. The molecule has 0 aromatic heterocycles. The molecule has 0 rings (SSSR count). The van der Waals surface area contributed by atoms with E-state index in [4.69, 9.17) is 0 Å². The standard InChI is InChI=1S/C18H38OS/c1-16(2)12-8-5-6-10-14-18(19,20)15-11-7-9-13-17(3)4/h16-17,19-20H,5-15H2,1-4H3. The van der Waals surface area contributed by atoms with E-state index in [9.17, 15) is 5.11 Å². The first kappa shape index (κ1) is 20.3. The van der Waals surface area contributed by atoms with E-state index in [0.29, 0.717) is 0 Å². The number of hydrogen-bond donors (Lipinski definition) is 2. The molecule has 0 aromatic carbocycles. The van der Waals surface area contributed by atoms with E-state index in [1.807, 2.05) is 0 Å². The molecule has 1 atom stereocenters. The molecule has 1 nitrogen and oxygen atoms in total. The van der Waals surface area contributed by atoms with Crippen LogP contribution in [0.4, 0.5) is 0 Å². The first-order chi connectivity index (χ1) is 9.33. The zero-order valence-corrected chi connectivity index (χ0v) is 15.2. The van der Waals surface area contributed by atoms with Gasteiger partial charge in [0.15, 0.2) is 0 Å². The minimum absolute atomic E-state index is 0.726. The molecular formula is C18H38OS. The van der Waals surface area contributed by atoms with Gasteiger partial charge >= 0.3 is 0 Å². The molecule has 2 heteroatoms. The highest BCUT2D eigenvalue weighted by Crippen LogP contribution is 2.26. The molecule has 0 bridgehead atoms. The van der Waals surface area contributed by atoms with Crippen molar-refractivity contribution >= 4 is 12.6 Å². The van der Waals surface area contributed by atoms with Crippen LogP contribution in [-0.2, 0) is 0 Å². The summed E-state index contributed by atoms with van der Waals surface area (Å²) in [5.41, 5.74) is 0. The van der Waals surface area contributed by atoms with Crippen LogP contribution in [0, 0.1) is 11.8 Å². The Morgan fingerprint density at radius 2 is 1.05 bits per heavy atom. The van der Waals surface area contributed by atoms with Crippen molar-refractivity contribution in [2.24, 2.45) is 11.8 Å². The lowest BCUT2D eigenvalue weighted by Crippen LogP contribution is -2.20. The van der Waals surface area contributed by atoms with Crippen molar-refractivity contribution in [1.82, 2.24) is 0 Å². The maximum absolute atomic E-state index is 10.2. The van der Waals surface area contributed by atoms with Gasteiger partial charge in [-0.1, -0.05) is 72.6 Å². The molecule has 0 aliphatic rings. The van der Waals surface area contributed by atoms with Crippen LogP contribution in [0.5, 0.6) is 0 Å². The number of unbranched alkanes of at least 4 members (excludes halogenated alkanes) is 5. The van der Waals surface area contributed by atoms with E-state index in [-0.39, 0.29) is 0 Å². The summed E-state index contributed by atoms with van der Waals surface area (Å²) in [6.45, 7) is 9.11. The van der Waals surface area contributed by atoms with Gasteiger partial charge in [0.2, 0.25) is 0 Å². The SMILES string of the molecule is CC(C)CCCCCCC(O)(S)CCCCCC(C)C. The van der Waals surface area contributed by atoms with Gasteiger partial charge in [-0.2, -0.15) is 0 Å². The summed E-state index contributed by atoms with van der Waals surface area (Å²) in [5, 5.41) is 10.2. The van der Waals surface area contributed by atoms with E-state index in [1.165, 1.54) is 44.9 Å². The molecular weight excluding hydrogens is 264 g/mol. The van der Waals surface area contributed by atoms with E-state index >= 15 is 0 Å². The fourth-order valence-corrected chi connectivity index (χ4v) is 2.89. The topological polar surface area (TPSA) is 20.2 Å². The highest BCUT2D eigenvalue weighted by molar-refractivity contribution is 7.81. The largest absolute Gasteiger partial charge is 0.380 e. The molecule has 0 amide bonds. The van der Waals surface area contributed by atoms with Gasteiger partial charge in [0.25, 0.3) is 0 Å². The molecule has 0 radical (unpaired) electrons. The van der Waals surface area contributed by atoms with Crippen molar-refractivity contribution in [3.05, 3.63) is 0 Å². The maximum Gasteiger partial charge on any atom is 0.107 e. The van der Waals surface area contributed by atoms with Crippen LogP contribution >= 0.6 is 12.6 Å². The molecule has 0 aliphatic heterocycles. The molecule has 1 N–H and O–H groups in total. The molecule has 0 aliphatic carbocycles. The lowest BCUT2D eigenvalue weighted by Gasteiger charge is -2.22. The number of aliphatic hydroxyl groups is 1. The van der Waals surface area contributed by atoms with Crippen LogP contribution in [0.1, 0.15) is 98.3 Å². The summed E-state index contributed by atoms with van der Waals surface area (Å²) in [6, 6.07) is 0. The van der Waals surface area contributed by atoms with Gasteiger partial charge in [-0.25, -0.2) is 0 Å². The third kappa shape index (κ3) is 14.7. The molecule has 0 heterocycles. The Hall–Kier alpha value is 0.310. The normalized spacial score (nSPS) is 15.0. The van der Waals surface area contributed by atoms with Gasteiger partial charge in [0, 0.05) is 0 Å². The maximum atomic E-state index is 10.2. The summed E-state index contributed by atoms with van der Waals surface area (Å²) >= 11 is 4.44. The predicted octanol–water partition coefficient (Wildman–Crippen LogP) is 6.21. The Balaban J connectivity index is 3.44. The average molecular weight is 303 g/mol. The predicted molar refractivity (Wildman–Crippen MR) is 94.4 cm³/mol. The average Bonchev–Trinajstić information content (AvgIpc) is 2.32. The second kappa shape index (κ2) is 11.9. The third-order valence-electron chi connectivity index (χ3n) is 3.97. The monoisotopic (exact) mass is 302 g/mol. The Morgan fingerprint density at radius 3 is 1.45 bits per heavy atom. The van der Waals surface area contributed by atoms with Gasteiger partial charge in [-0.3, -0.25) is 0 Å². The summed E-state index contributed by atoms with van der Waals surface area (Å²) < 4.78 is 0. The lowest BCUT2D eigenvalue weighted by molar-refractivity contribution is 0.113. The van der Waals surface area contributed by atoms with Crippen LogP contribution in [0.15, 0.2) is 0 Å². The Morgan fingerprint density at radius 1 is 0.700 bits per heavy atom. The van der Waals surface area contributed by atoms with Gasteiger partial charge in [-0.15, -0.1) is 12.6 Å². The first-order valence-corrected chi connectivity index (χ1v) is 9.23. The van der Waals surface area contributed by atoms with Crippen molar-refractivity contribution in [1.29, 1.82) is 0 Å². The Labute approximate surface area is 133 Å². The van der Waals surface area contributed by atoms with Crippen molar-refractivity contribution in [2.45, 2.75) is 103 Å². The van der Waals surface area contributed by atoms with Crippen LogP contribution in [0.2, 0.25) is 0 Å². The lowest BCUT2D eigenvalue weighted by atomic mass is 9.99. The minimum atomic E-state index is -0.726. The Bertz CT molecular complexity index is 211. The first-order valence-electron chi connectivity index (χ1n) is 8.78. The summed E-state index contributed by atoms with van der Waals surface area (Å²) in [5.74, 6) is 1.62. The molecule has 0 aromatic rings. The highest BCUT2D eigenvalue weighted by atomic mass is 32.1. The van der Waals surface area contributed by atoms with Crippen LogP contribution in [0.3, 0.4) is 0 Å². The van der Waals surface area contributed by atoms with Crippen molar-refractivity contribution in [2.75, 3.05) is 0 Å². The summed E-state index contributed by atoms with van der Waals surface area (Å²) in [6.07, 6.45) is 13.0. The van der Waals surface area contributed by atoms with Crippen molar-refractivity contribution in [3.63, 3.8) is 0 Å². The second-order valence-corrected chi connectivity index (χ2v) is 8.15.